The number of halogens is 1. The molecule has 0 bridgehead atoms. The van der Waals surface area contributed by atoms with Gasteiger partial charge in [-0.1, -0.05) is 34.1 Å². The smallest absolute Gasteiger partial charge is 0.337 e. The summed E-state index contributed by atoms with van der Waals surface area (Å²) in [7, 11) is -2.43. The minimum absolute atomic E-state index is 0.00966. The Morgan fingerprint density at radius 2 is 1.88 bits per heavy atom. The van der Waals surface area contributed by atoms with E-state index in [2.05, 4.69) is 20.7 Å². The lowest BCUT2D eigenvalue weighted by Crippen LogP contribution is -2.32. The number of sulfonamides is 1. The van der Waals surface area contributed by atoms with Gasteiger partial charge in [0.2, 0.25) is 10.0 Å². The van der Waals surface area contributed by atoms with Crippen molar-refractivity contribution in [2.24, 2.45) is 0 Å². The zero-order chi connectivity index (χ0) is 18.0. The lowest BCUT2D eigenvalue weighted by molar-refractivity contribution is 0.0600. The molecular weight excluding hydrogens is 406 g/mol. The summed E-state index contributed by atoms with van der Waals surface area (Å²) in [4.78, 5) is 11.8. The van der Waals surface area contributed by atoms with Crippen molar-refractivity contribution in [2.45, 2.75) is 30.3 Å². The molecule has 0 spiro atoms. The molecule has 0 radical (unpaired) electrons. The van der Waals surface area contributed by atoms with Crippen molar-refractivity contribution in [1.82, 2.24) is 4.31 Å². The van der Waals surface area contributed by atoms with Crippen molar-refractivity contribution < 1.29 is 17.9 Å². The molecule has 0 atom stereocenters. The Morgan fingerprint density at radius 1 is 1.20 bits per heavy atom. The first-order chi connectivity index (χ1) is 11.9. The number of hydrogen-bond acceptors (Lipinski definition) is 4. The molecular formula is C18H18BrNO4S. The van der Waals surface area contributed by atoms with Crippen molar-refractivity contribution in [3.05, 3.63) is 64.1 Å². The number of rotatable bonds is 6. The molecule has 25 heavy (non-hydrogen) atoms. The number of nitrogens with zero attached hydrogens (tertiary/aromatic N) is 1. The molecule has 0 amide bonds. The monoisotopic (exact) mass is 423 g/mol. The van der Waals surface area contributed by atoms with Crippen LogP contribution in [-0.4, -0.2) is 31.8 Å². The topological polar surface area (TPSA) is 63.7 Å². The highest BCUT2D eigenvalue weighted by molar-refractivity contribution is 9.10. The first-order valence-corrected chi connectivity index (χ1v) is 10.1. The zero-order valence-electron chi connectivity index (χ0n) is 13.7. The van der Waals surface area contributed by atoms with Crippen LogP contribution in [0.5, 0.6) is 0 Å². The highest BCUT2D eigenvalue weighted by Gasteiger charge is 2.38. The molecule has 0 aliphatic heterocycles. The maximum absolute atomic E-state index is 13.1. The predicted octanol–water partition coefficient (Wildman–Crippen LogP) is 3.59. The van der Waals surface area contributed by atoms with E-state index in [9.17, 15) is 13.2 Å². The van der Waals surface area contributed by atoms with E-state index in [0.29, 0.717) is 6.54 Å². The lowest BCUT2D eigenvalue weighted by atomic mass is 10.2. The molecule has 7 heteroatoms. The summed E-state index contributed by atoms with van der Waals surface area (Å²) in [6, 6.07) is 13.6. The molecule has 0 N–H and O–H groups in total. The van der Waals surface area contributed by atoms with Gasteiger partial charge in [-0.3, -0.25) is 0 Å². The molecule has 0 unspecified atom stereocenters. The van der Waals surface area contributed by atoms with Crippen molar-refractivity contribution in [3.63, 3.8) is 0 Å². The number of methoxy groups -OCH3 is 1. The fraction of sp³-hybridized carbons (Fsp3) is 0.278. The molecule has 0 saturated heterocycles. The lowest BCUT2D eigenvalue weighted by Gasteiger charge is -2.22. The number of hydrogen-bond donors (Lipinski definition) is 0. The summed E-state index contributed by atoms with van der Waals surface area (Å²) in [6.07, 6.45) is 1.71. The third kappa shape index (κ3) is 4.11. The van der Waals surface area contributed by atoms with E-state index in [1.807, 2.05) is 24.3 Å². The van der Waals surface area contributed by atoms with Crippen LogP contribution in [0, 0.1) is 0 Å². The third-order valence-electron chi connectivity index (χ3n) is 4.07. The van der Waals surface area contributed by atoms with E-state index in [0.717, 1.165) is 22.9 Å². The quantitative estimate of drug-likeness (QED) is 0.665. The van der Waals surface area contributed by atoms with E-state index < -0.39 is 16.0 Å². The fourth-order valence-electron chi connectivity index (χ4n) is 2.58. The SMILES string of the molecule is COC(=O)c1cccc(S(=O)(=O)N(Cc2ccc(Br)cc2)C2CC2)c1. The van der Waals surface area contributed by atoms with Gasteiger partial charge in [-0.25, -0.2) is 13.2 Å². The normalized spacial score (nSPS) is 14.5. The van der Waals surface area contributed by atoms with E-state index in [1.54, 1.807) is 12.1 Å². The Hall–Kier alpha value is -1.70. The van der Waals surface area contributed by atoms with E-state index in [-0.39, 0.29) is 16.5 Å². The standard InChI is InChI=1S/C18H18BrNO4S/c1-24-18(21)14-3-2-4-17(11-14)25(22,23)20(16-9-10-16)12-13-5-7-15(19)8-6-13/h2-8,11,16H,9-10,12H2,1H3. The molecule has 3 rings (SSSR count). The Kier molecular flexibility index (Phi) is 5.27. The molecule has 0 heterocycles. The molecule has 1 aliphatic carbocycles. The second-order valence-electron chi connectivity index (χ2n) is 5.93. The first kappa shape index (κ1) is 18.1. The molecule has 5 nitrogen and oxygen atoms in total. The van der Waals surface area contributed by atoms with Crippen LogP contribution in [0.25, 0.3) is 0 Å². The van der Waals surface area contributed by atoms with Crippen molar-refractivity contribution in [1.29, 1.82) is 0 Å². The highest BCUT2D eigenvalue weighted by Crippen LogP contribution is 2.34. The van der Waals surface area contributed by atoms with Gasteiger partial charge >= 0.3 is 5.97 Å². The summed E-state index contributed by atoms with van der Waals surface area (Å²) in [6.45, 7) is 0.308. The van der Waals surface area contributed by atoms with Crippen LogP contribution < -0.4 is 0 Å². The summed E-state index contributed by atoms with van der Waals surface area (Å²) < 4.78 is 33.4. The summed E-state index contributed by atoms with van der Waals surface area (Å²) >= 11 is 3.38. The molecule has 2 aromatic carbocycles. The minimum atomic E-state index is -3.70. The Bertz CT molecular complexity index is 876. The van der Waals surface area contributed by atoms with Crippen molar-refractivity contribution in [3.8, 4) is 0 Å². The van der Waals surface area contributed by atoms with Crippen LogP contribution in [0.3, 0.4) is 0 Å². The van der Waals surface area contributed by atoms with Gasteiger partial charge in [-0.15, -0.1) is 0 Å². The molecule has 1 fully saturated rings. The van der Waals surface area contributed by atoms with Gasteiger partial charge in [0, 0.05) is 17.1 Å². The fourth-order valence-corrected chi connectivity index (χ4v) is 4.56. The van der Waals surface area contributed by atoms with Crippen molar-refractivity contribution in [2.75, 3.05) is 7.11 Å². The molecule has 132 valence electrons. The molecule has 1 aliphatic rings. The Balaban J connectivity index is 1.92. The zero-order valence-corrected chi connectivity index (χ0v) is 16.1. The number of benzene rings is 2. The summed E-state index contributed by atoms with van der Waals surface area (Å²) in [5.74, 6) is -0.553. The van der Waals surface area contributed by atoms with Crippen LogP contribution in [0.4, 0.5) is 0 Å². The van der Waals surface area contributed by atoms with Crippen LogP contribution in [0.15, 0.2) is 57.9 Å². The molecule has 2 aromatic rings. The number of carbonyl (C=O) groups is 1. The van der Waals surface area contributed by atoms with Gasteiger partial charge in [-0.05, 0) is 48.7 Å². The van der Waals surface area contributed by atoms with Crippen LogP contribution >= 0.6 is 15.9 Å². The summed E-state index contributed by atoms with van der Waals surface area (Å²) in [5.41, 5.74) is 1.14. The summed E-state index contributed by atoms with van der Waals surface area (Å²) in [5, 5.41) is 0. The number of esters is 1. The number of carbonyl (C=O) groups excluding carboxylic acids is 1. The van der Waals surface area contributed by atoms with Crippen LogP contribution in [0.2, 0.25) is 0 Å². The van der Waals surface area contributed by atoms with Crippen LogP contribution in [0.1, 0.15) is 28.8 Å². The highest BCUT2D eigenvalue weighted by atomic mass is 79.9. The second kappa shape index (κ2) is 7.27. The van der Waals surface area contributed by atoms with Crippen LogP contribution in [-0.2, 0) is 21.3 Å². The van der Waals surface area contributed by atoms with Gasteiger partial charge in [0.1, 0.15) is 0 Å². The van der Waals surface area contributed by atoms with E-state index in [1.165, 1.54) is 23.5 Å². The van der Waals surface area contributed by atoms with Gasteiger partial charge in [0.15, 0.2) is 0 Å². The molecule has 1 saturated carbocycles. The van der Waals surface area contributed by atoms with E-state index >= 15 is 0 Å². The predicted molar refractivity (Wildman–Crippen MR) is 97.7 cm³/mol. The molecule has 0 aromatic heterocycles. The maximum atomic E-state index is 13.1. The first-order valence-electron chi connectivity index (χ1n) is 7.86. The van der Waals surface area contributed by atoms with Gasteiger partial charge in [0.05, 0.1) is 17.6 Å². The third-order valence-corrected chi connectivity index (χ3v) is 6.49. The average molecular weight is 424 g/mol. The van der Waals surface area contributed by atoms with E-state index in [4.69, 9.17) is 0 Å². The minimum Gasteiger partial charge on any atom is -0.465 e. The van der Waals surface area contributed by atoms with Gasteiger partial charge in [0.25, 0.3) is 0 Å². The maximum Gasteiger partial charge on any atom is 0.337 e. The Labute approximate surface area is 155 Å². The average Bonchev–Trinajstić information content (AvgIpc) is 3.45. The Morgan fingerprint density at radius 3 is 2.48 bits per heavy atom. The second-order valence-corrected chi connectivity index (χ2v) is 8.73. The van der Waals surface area contributed by atoms with Crippen molar-refractivity contribution >= 4 is 31.9 Å². The largest absolute Gasteiger partial charge is 0.465 e. The van der Waals surface area contributed by atoms with Gasteiger partial charge < -0.3 is 4.74 Å². The van der Waals surface area contributed by atoms with Gasteiger partial charge in [-0.2, -0.15) is 4.31 Å². The number of ether oxygens (including phenoxy) is 1.